The van der Waals surface area contributed by atoms with E-state index < -0.39 is 17.4 Å². The first-order valence-electron chi connectivity index (χ1n) is 22.3. The fraction of sp³-hybridized carbons (Fsp3) is 0.750. The van der Waals surface area contributed by atoms with E-state index in [1.165, 1.54) is 5.57 Å². The molecule has 0 unspecified atom stereocenters. The van der Waals surface area contributed by atoms with Crippen LogP contribution in [0.3, 0.4) is 0 Å². The SMILES string of the molecule is CC(C)[C@@H](C)[C@@]1(C)CC[C@]2(C)[C@H]3CC[C@@H]4[C@@]5(COC[C@@]4(C)[C@@H](OC[C@](C)(N)C(C)(C)C)[C@H](n4ncnc4-c4ccc(C6=NCCN6)cc4)C5)C3=CC[C@@]2(C)[C@@H]1C(=O)O. The Labute approximate surface area is 347 Å². The number of aromatic nitrogens is 3. The number of aliphatic imine (C=N–C) groups is 1. The molecule has 10 heteroatoms. The zero-order valence-electron chi connectivity index (χ0n) is 37.3. The third-order valence-corrected chi connectivity index (χ3v) is 18.3. The Morgan fingerprint density at radius 3 is 2.38 bits per heavy atom. The van der Waals surface area contributed by atoms with Gasteiger partial charge in [-0.05, 0) is 90.8 Å². The van der Waals surface area contributed by atoms with E-state index in [1.54, 1.807) is 6.33 Å². The van der Waals surface area contributed by atoms with Gasteiger partial charge in [-0.1, -0.05) is 105 Å². The number of nitrogens with zero attached hydrogens (tertiary/aromatic N) is 4. The molecule has 1 saturated heterocycles. The van der Waals surface area contributed by atoms with E-state index in [2.05, 4.69) is 121 Å². The molecule has 0 radical (unpaired) electrons. The molecule has 2 bridgehead atoms. The number of nitrogens with two attached hydrogens (primary N) is 1. The number of benzene rings is 1. The molecule has 2 aliphatic heterocycles. The molecule has 6 aliphatic rings. The second-order valence-corrected chi connectivity index (χ2v) is 22.3. The van der Waals surface area contributed by atoms with Crippen molar-refractivity contribution in [3.8, 4) is 11.4 Å². The lowest BCUT2D eigenvalue weighted by molar-refractivity contribution is -0.253. The summed E-state index contributed by atoms with van der Waals surface area (Å²) in [5, 5.41) is 19.7. The van der Waals surface area contributed by atoms with Crippen molar-refractivity contribution in [2.75, 3.05) is 32.9 Å². The lowest BCUT2D eigenvalue weighted by Crippen LogP contribution is -2.69. The minimum absolute atomic E-state index is 0.131. The highest BCUT2D eigenvalue weighted by atomic mass is 16.5. The van der Waals surface area contributed by atoms with E-state index >= 15 is 0 Å². The Morgan fingerprint density at radius 2 is 1.74 bits per heavy atom. The highest BCUT2D eigenvalue weighted by Gasteiger charge is 2.72. The van der Waals surface area contributed by atoms with Crippen LogP contribution in [0.25, 0.3) is 11.4 Å². The number of aliphatic carboxylic acids is 1. The van der Waals surface area contributed by atoms with Crippen molar-refractivity contribution in [1.29, 1.82) is 0 Å². The summed E-state index contributed by atoms with van der Waals surface area (Å²) in [6.45, 7) is 28.3. The summed E-state index contributed by atoms with van der Waals surface area (Å²) in [6, 6.07) is 8.39. The van der Waals surface area contributed by atoms with Crippen LogP contribution in [0.4, 0.5) is 0 Å². The van der Waals surface area contributed by atoms with Crippen LogP contribution in [0.15, 0.2) is 47.2 Å². The van der Waals surface area contributed by atoms with Gasteiger partial charge in [0, 0.05) is 34.0 Å². The summed E-state index contributed by atoms with van der Waals surface area (Å²) < 4.78 is 16.3. The van der Waals surface area contributed by atoms with Gasteiger partial charge in [0.15, 0.2) is 5.82 Å². The summed E-state index contributed by atoms with van der Waals surface area (Å²) in [4.78, 5) is 23.2. The molecule has 0 amide bonds. The maximum Gasteiger partial charge on any atom is 0.307 e. The molecular weight excluding hydrogens is 725 g/mol. The standard InChI is InChI=1S/C48H72N6O4/c1-29(2)30(3)43(7)20-21-45(9)33-16-17-36-44(8)25-57-27-48(36,34(33)18-19-46(45,10)37(43)41(55)56)24-35(38(44)58-26-47(11,49)42(4,5)6)54-40(52-28-53-54)32-14-12-31(13-15-32)39-50-22-23-51-39/h12-15,18,28-30,33,35-38H,16-17,19-27,49H2,1-11H3,(H,50,51)(H,55,56)/t30-,33+,35-,36+,37-,38+,43-,44-,45-,46+,47+,48+/m1/s1. The smallest absolute Gasteiger partial charge is 0.307 e. The molecule has 8 rings (SSSR count). The van der Waals surface area contributed by atoms with Crippen LogP contribution >= 0.6 is 0 Å². The third kappa shape index (κ3) is 5.94. The van der Waals surface area contributed by atoms with Crippen LogP contribution in [0.5, 0.6) is 0 Å². The molecule has 0 spiro atoms. The highest BCUT2D eigenvalue weighted by Crippen LogP contribution is 2.75. The topological polar surface area (TPSA) is 137 Å². The molecule has 1 aromatic heterocycles. The Hall–Kier alpha value is -3.08. The molecule has 1 aromatic carbocycles. The predicted molar refractivity (Wildman–Crippen MR) is 229 cm³/mol. The van der Waals surface area contributed by atoms with Crippen molar-refractivity contribution >= 4 is 11.8 Å². The number of carboxylic acid groups (broad SMARTS) is 1. The molecule has 3 saturated carbocycles. The lowest BCUT2D eigenvalue weighted by atomic mass is 9.34. The van der Waals surface area contributed by atoms with Gasteiger partial charge in [0.05, 0.1) is 44.4 Å². The van der Waals surface area contributed by atoms with Crippen LogP contribution in [-0.2, 0) is 14.3 Å². The summed E-state index contributed by atoms with van der Waals surface area (Å²) in [7, 11) is 0. The molecule has 10 nitrogen and oxygen atoms in total. The summed E-state index contributed by atoms with van der Waals surface area (Å²) >= 11 is 0. The third-order valence-electron chi connectivity index (χ3n) is 18.3. The van der Waals surface area contributed by atoms with Crippen molar-refractivity contribution in [3.63, 3.8) is 0 Å². The van der Waals surface area contributed by atoms with E-state index in [4.69, 9.17) is 25.3 Å². The van der Waals surface area contributed by atoms with Crippen molar-refractivity contribution in [2.45, 2.75) is 132 Å². The number of carbonyl (C=O) groups is 1. The molecule has 58 heavy (non-hydrogen) atoms. The normalized spacial score (nSPS) is 40.0. The number of fused-ring (bicyclic) bond motifs is 3. The van der Waals surface area contributed by atoms with Crippen LogP contribution < -0.4 is 11.1 Å². The number of nitrogens with one attached hydrogen (secondary N) is 1. The Kier molecular flexibility index (Phi) is 10.0. The average Bonchev–Trinajstić information content (AvgIpc) is 3.87. The maximum absolute atomic E-state index is 13.7. The van der Waals surface area contributed by atoms with E-state index in [9.17, 15) is 9.90 Å². The summed E-state index contributed by atoms with van der Waals surface area (Å²) in [5.41, 5.74) is 8.51. The van der Waals surface area contributed by atoms with E-state index in [0.29, 0.717) is 37.6 Å². The van der Waals surface area contributed by atoms with Crippen LogP contribution in [0, 0.1) is 62.1 Å². The van der Waals surface area contributed by atoms with Gasteiger partial charge in [0.1, 0.15) is 12.2 Å². The first kappa shape index (κ1) is 41.6. The van der Waals surface area contributed by atoms with Gasteiger partial charge in [-0.25, -0.2) is 9.67 Å². The molecular formula is C48H72N6O4. The number of ether oxygens (including phenoxy) is 2. The second-order valence-electron chi connectivity index (χ2n) is 22.3. The molecule has 4 fully saturated rings. The van der Waals surface area contributed by atoms with Crippen LogP contribution in [0.1, 0.15) is 126 Å². The van der Waals surface area contributed by atoms with Gasteiger partial charge in [0.25, 0.3) is 0 Å². The van der Waals surface area contributed by atoms with Gasteiger partial charge in [-0.15, -0.1) is 0 Å². The number of amidine groups is 1. The van der Waals surface area contributed by atoms with Crippen LogP contribution in [-0.4, -0.2) is 76.2 Å². The van der Waals surface area contributed by atoms with Gasteiger partial charge in [-0.2, -0.15) is 5.10 Å². The molecule has 318 valence electrons. The van der Waals surface area contributed by atoms with Gasteiger partial charge >= 0.3 is 5.97 Å². The highest BCUT2D eigenvalue weighted by molar-refractivity contribution is 6.00. The van der Waals surface area contributed by atoms with Crippen molar-refractivity contribution in [1.82, 2.24) is 20.1 Å². The minimum Gasteiger partial charge on any atom is -0.481 e. The quantitative estimate of drug-likeness (QED) is 0.215. The number of allylic oxidation sites excluding steroid dienone is 1. The number of carboxylic acids is 1. The van der Waals surface area contributed by atoms with Crippen molar-refractivity contribution in [2.24, 2.45) is 72.8 Å². The summed E-state index contributed by atoms with van der Waals surface area (Å²) in [5.74, 6) is 2.03. The Morgan fingerprint density at radius 1 is 1.03 bits per heavy atom. The molecule has 4 aliphatic carbocycles. The van der Waals surface area contributed by atoms with E-state index in [1.807, 2.05) is 0 Å². The van der Waals surface area contributed by atoms with E-state index in [-0.39, 0.29) is 50.6 Å². The number of rotatable bonds is 9. The number of hydrogen-bond acceptors (Lipinski definition) is 8. The zero-order valence-corrected chi connectivity index (χ0v) is 37.3. The fourth-order valence-electron chi connectivity index (χ4n) is 13.7. The number of hydrogen-bond donors (Lipinski definition) is 3. The van der Waals surface area contributed by atoms with E-state index in [0.717, 1.165) is 74.4 Å². The largest absolute Gasteiger partial charge is 0.481 e. The molecule has 4 N–H and O–H groups in total. The maximum atomic E-state index is 13.7. The van der Waals surface area contributed by atoms with Gasteiger partial charge < -0.3 is 25.6 Å². The predicted octanol–water partition coefficient (Wildman–Crippen LogP) is 8.57. The van der Waals surface area contributed by atoms with Crippen molar-refractivity contribution in [3.05, 3.63) is 47.8 Å². The first-order chi connectivity index (χ1) is 27.1. The second kappa shape index (κ2) is 14.0. The lowest BCUT2D eigenvalue weighted by Gasteiger charge is -2.71. The minimum atomic E-state index is -0.625. The molecule has 12 atom stereocenters. The van der Waals surface area contributed by atoms with Crippen LogP contribution in [0.2, 0.25) is 0 Å². The summed E-state index contributed by atoms with van der Waals surface area (Å²) in [6.07, 6.45) is 9.65. The first-order valence-corrected chi connectivity index (χ1v) is 22.3. The van der Waals surface area contributed by atoms with Gasteiger partial charge in [-0.3, -0.25) is 9.79 Å². The Bertz CT molecular complexity index is 1960. The van der Waals surface area contributed by atoms with Gasteiger partial charge in [0.2, 0.25) is 0 Å². The van der Waals surface area contributed by atoms with Crippen molar-refractivity contribution < 1.29 is 19.4 Å². The Balaban J connectivity index is 1.23. The average molecular weight is 797 g/mol. The fourth-order valence-corrected chi connectivity index (χ4v) is 13.7. The zero-order chi connectivity index (χ0) is 41.8. The molecule has 2 aromatic rings. The molecule has 3 heterocycles. The monoisotopic (exact) mass is 797 g/mol.